The zero-order valence-corrected chi connectivity index (χ0v) is 20.8. The van der Waals surface area contributed by atoms with E-state index in [0.29, 0.717) is 29.3 Å². The van der Waals surface area contributed by atoms with Crippen LogP contribution in [0.4, 0.5) is 5.69 Å². The van der Waals surface area contributed by atoms with Crippen molar-refractivity contribution in [2.45, 2.75) is 39.2 Å². The second-order valence-electron chi connectivity index (χ2n) is 9.93. The number of rotatable bonds is 6. The molecule has 0 aliphatic heterocycles. The lowest BCUT2D eigenvalue weighted by molar-refractivity contribution is 0.102. The first-order chi connectivity index (χ1) is 17.8. The molecule has 1 saturated carbocycles. The molecule has 1 aliphatic carbocycles. The Labute approximate surface area is 211 Å². The maximum Gasteiger partial charge on any atom is 0.330 e. The molecule has 37 heavy (non-hydrogen) atoms. The number of anilines is 1. The van der Waals surface area contributed by atoms with Gasteiger partial charge in [0.2, 0.25) is 0 Å². The molecule has 1 aliphatic rings. The fourth-order valence-electron chi connectivity index (χ4n) is 4.80. The fourth-order valence-corrected chi connectivity index (χ4v) is 4.80. The van der Waals surface area contributed by atoms with Crippen molar-refractivity contribution in [1.29, 1.82) is 0 Å². The first-order valence-electron chi connectivity index (χ1n) is 12.3. The predicted octanol–water partition coefficient (Wildman–Crippen LogP) is 4.78. The quantitative estimate of drug-likeness (QED) is 0.348. The molecule has 2 aromatic carbocycles. The summed E-state index contributed by atoms with van der Waals surface area (Å²) >= 11 is 0. The van der Waals surface area contributed by atoms with Crippen molar-refractivity contribution in [3.05, 3.63) is 74.6 Å². The van der Waals surface area contributed by atoms with Crippen molar-refractivity contribution in [2.24, 2.45) is 5.92 Å². The standard InChI is InChI=1S/C28H26N4O5/c1-14(2)13-32-25-24(27(34)31-28(32)35)18(10-19(29-25)15-8-9-15)26(33)30-20-12-22-17(11-23(20)36-3)16-6-4-5-7-21(16)37-22/h4-7,10-12,14-15H,8-9,13H2,1-3H3,(H,30,33)(H,31,34,35). The van der Waals surface area contributed by atoms with E-state index >= 15 is 0 Å². The molecule has 1 fully saturated rings. The van der Waals surface area contributed by atoms with Crippen molar-refractivity contribution >= 4 is 44.6 Å². The van der Waals surface area contributed by atoms with Gasteiger partial charge in [-0.05, 0) is 37.0 Å². The molecule has 188 valence electrons. The molecule has 3 aromatic heterocycles. The average Bonchev–Trinajstić information content (AvgIpc) is 3.66. The van der Waals surface area contributed by atoms with Crippen LogP contribution in [0.5, 0.6) is 5.75 Å². The molecule has 9 nitrogen and oxygen atoms in total. The van der Waals surface area contributed by atoms with Crippen molar-refractivity contribution in [1.82, 2.24) is 14.5 Å². The minimum Gasteiger partial charge on any atom is -0.495 e. The number of nitrogens with one attached hydrogen (secondary N) is 2. The van der Waals surface area contributed by atoms with E-state index in [0.717, 1.165) is 29.2 Å². The molecule has 9 heteroatoms. The molecule has 0 spiro atoms. The summed E-state index contributed by atoms with van der Waals surface area (Å²) in [7, 11) is 1.53. The number of fused-ring (bicyclic) bond motifs is 4. The highest BCUT2D eigenvalue weighted by molar-refractivity contribution is 6.14. The second-order valence-corrected chi connectivity index (χ2v) is 9.93. The van der Waals surface area contributed by atoms with E-state index in [9.17, 15) is 14.4 Å². The molecule has 0 radical (unpaired) electrons. The lowest BCUT2D eigenvalue weighted by atomic mass is 10.1. The Morgan fingerprint density at radius 3 is 2.68 bits per heavy atom. The lowest BCUT2D eigenvalue weighted by Crippen LogP contribution is -2.33. The summed E-state index contributed by atoms with van der Waals surface area (Å²) in [5.41, 5.74) is 1.67. The number of benzene rings is 2. The number of carbonyl (C=O) groups is 1. The number of H-pyrrole nitrogens is 1. The highest BCUT2D eigenvalue weighted by atomic mass is 16.5. The van der Waals surface area contributed by atoms with Gasteiger partial charge in [0, 0.05) is 35.0 Å². The number of amides is 1. The van der Waals surface area contributed by atoms with Crippen LogP contribution >= 0.6 is 0 Å². The number of aromatic amines is 1. The van der Waals surface area contributed by atoms with Crippen LogP contribution in [-0.4, -0.2) is 27.6 Å². The van der Waals surface area contributed by atoms with Crippen LogP contribution in [0, 0.1) is 5.92 Å². The van der Waals surface area contributed by atoms with Gasteiger partial charge in [-0.25, -0.2) is 9.78 Å². The van der Waals surface area contributed by atoms with Gasteiger partial charge in [-0.2, -0.15) is 0 Å². The summed E-state index contributed by atoms with van der Waals surface area (Å²) in [6.07, 6.45) is 1.90. The van der Waals surface area contributed by atoms with Crippen LogP contribution in [0.15, 0.2) is 56.5 Å². The average molecular weight is 499 g/mol. The van der Waals surface area contributed by atoms with Gasteiger partial charge in [0.05, 0.1) is 23.7 Å². The number of nitrogens with zero attached hydrogens (tertiary/aromatic N) is 2. The third kappa shape index (κ3) is 3.96. The number of pyridine rings is 1. The summed E-state index contributed by atoms with van der Waals surface area (Å²) in [5.74, 6) is 0.302. The largest absolute Gasteiger partial charge is 0.495 e. The van der Waals surface area contributed by atoms with Gasteiger partial charge in [0.25, 0.3) is 11.5 Å². The van der Waals surface area contributed by atoms with Crippen molar-refractivity contribution in [3.63, 3.8) is 0 Å². The molecule has 0 bridgehead atoms. The maximum atomic E-state index is 13.7. The molecule has 5 aromatic rings. The van der Waals surface area contributed by atoms with E-state index in [1.165, 1.54) is 11.7 Å². The van der Waals surface area contributed by atoms with Crippen molar-refractivity contribution in [2.75, 3.05) is 12.4 Å². The Kier molecular flexibility index (Phi) is 5.36. The monoisotopic (exact) mass is 498 g/mol. The van der Waals surface area contributed by atoms with Crippen LogP contribution in [-0.2, 0) is 6.54 Å². The van der Waals surface area contributed by atoms with E-state index in [2.05, 4.69) is 15.3 Å². The summed E-state index contributed by atoms with van der Waals surface area (Å²) in [6, 6.07) is 12.9. The summed E-state index contributed by atoms with van der Waals surface area (Å²) < 4.78 is 13.0. The number of para-hydroxylation sites is 1. The van der Waals surface area contributed by atoms with Gasteiger partial charge in [-0.3, -0.25) is 19.1 Å². The third-order valence-electron chi connectivity index (χ3n) is 6.70. The van der Waals surface area contributed by atoms with Gasteiger partial charge < -0.3 is 14.5 Å². The van der Waals surface area contributed by atoms with Gasteiger partial charge >= 0.3 is 5.69 Å². The molecule has 1 amide bonds. The number of methoxy groups -OCH3 is 1. The number of hydrogen-bond donors (Lipinski definition) is 2. The van der Waals surface area contributed by atoms with E-state index in [1.54, 1.807) is 12.1 Å². The zero-order valence-electron chi connectivity index (χ0n) is 20.8. The van der Waals surface area contributed by atoms with Crippen LogP contribution in [0.1, 0.15) is 48.7 Å². The highest BCUT2D eigenvalue weighted by Gasteiger charge is 2.29. The number of furan rings is 1. The van der Waals surface area contributed by atoms with Crippen molar-refractivity contribution < 1.29 is 13.9 Å². The minimum absolute atomic E-state index is 0.0888. The number of ether oxygens (including phenoxy) is 1. The fraction of sp³-hybridized carbons (Fsp3) is 0.286. The smallest absolute Gasteiger partial charge is 0.330 e. The molecule has 0 unspecified atom stereocenters. The van der Waals surface area contributed by atoms with Crippen LogP contribution in [0.25, 0.3) is 33.0 Å². The normalized spacial score (nSPS) is 13.6. The van der Waals surface area contributed by atoms with Gasteiger partial charge in [-0.1, -0.05) is 32.0 Å². The van der Waals surface area contributed by atoms with Gasteiger partial charge in [0.1, 0.15) is 16.9 Å². The number of carbonyl (C=O) groups excluding carboxylic acids is 1. The Morgan fingerprint density at radius 1 is 1.16 bits per heavy atom. The first-order valence-corrected chi connectivity index (χ1v) is 12.3. The Balaban J connectivity index is 1.51. The molecular weight excluding hydrogens is 472 g/mol. The predicted molar refractivity (Wildman–Crippen MR) is 142 cm³/mol. The maximum absolute atomic E-state index is 13.7. The Hall–Kier alpha value is -4.40. The number of aromatic nitrogens is 3. The third-order valence-corrected chi connectivity index (χ3v) is 6.70. The highest BCUT2D eigenvalue weighted by Crippen LogP contribution is 2.40. The molecule has 0 saturated heterocycles. The lowest BCUT2D eigenvalue weighted by Gasteiger charge is -2.15. The van der Waals surface area contributed by atoms with Gasteiger partial charge in [-0.15, -0.1) is 0 Å². The summed E-state index contributed by atoms with van der Waals surface area (Å²) in [4.78, 5) is 46.4. The van der Waals surface area contributed by atoms with Crippen LogP contribution in [0.3, 0.4) is 0 Å². The zero-order chi connectivity index (χ0) is 25.8. The van der Waals surface area contributed by atoms with E-state index in [4.69, 9.17) is 9.15 Å². The van der Waals surface area contributed by atoms with Crippen molar-refractivity contribution in [3.8, 4) is 5.75 Å². The van der Waals surface area contributed by atoms with E-state index < -0.39 is 17.2 Å². The van der Waals surface area contributed by atoms with Gasteiger partial charge in [0.15, 0.2) is 5.65 Å². The first kappa shape index (κ1) is 23.0. The molecule has 0 atom stereocenters. The van der Waals surface area contributed by atoms with E-state index in [-0.39, 0.29) is 28.4 Å². The SMILES string of the molecule is COc1cc2c(cc1NC(=O)c1cc(C3CC3)nc3c1c(=O)[nH]c(=O)n3CC(C)C)oc1ccccc12. The molecule has 2 N–H and O–H groups in total. The van der Waals surface area contributed by atoms with E-state index in [1.807, 2.05) is 44.2 Å². The summed E-state index contributed by atoms with van der Waals surface area (Å²) in [5, 5.41) is 4.80. The second kappa shape index (κ2) is 8.62. The minimum atomic E-state index is -0.639. The van der Waals surface area contributed by atoms with Crippen LogP contribution in [0.2, 0.25) is 0 Å². The molecule has 3 heterocycles. The topological polar surface area (TPSA) is 119 Å². The molecular formula is C28H26N4O5. The Bertz CT molecular complexity index is 1820. The molecule has 6 rings (SSSR count). The summed E-state index contributed by atoms with van der Waals surface area (Å²) in [6.45, 7) is 4.31. The number of hydrogen-bond acceptors (Lipinski definition) is 6. The Morgan fingerprint density at radius 2 is 1.95 bits per heavy atom. The van der Waals surface area contributed by atoms with Crippen LogP contribution < -0.4 is 21.3 Å².